The molecule has 0 saturated heterocycles. The Morgan fingerprint density at radius 2 is 1.69 bits per heavy atom. The second-order valence-corrected chi connectivity index (χ2v) is 8.32. The summed E-state index contributed by atoms with van der Waals surface area (Å²) in [7, 11) is 0. The zero-order chi connectivity index (χ0) is 22.9. The number of para-hydroxylation sites is 2. The van der Waals surface area contributed by atoms with Gasteiger partial charge in [-0.25, -0.2) is 0 Å². The third kappa shape index (κ3) is 6.37. The van der Waals surface area contributed by atoms with E-state index in [1.165, 1.54) is 11.8 Å². The van der Waals surface area contributed by atoms with Crippen LogP contribution in [0.4, 0.5) is 11.4 Å². The number of hydrogen-bond acceptors (Lipinski definition) is 5. The van der Waals surface area contributed by atoms with Gasteiger partial charge in [0, 0.05) is 10.6 Å². The Kier molecular flexibility index (Phi) is 8.33. The smallest absolute Gasteiger partial charge is 0.307 e. The van der Waals surface area contributed by atoms with Crippen molar-refractivity contribution in [1.29, 1.82) is 0 Å². The lowest BCUT2D eigenvalue weighted by Gasteiger charge is -2.24. The van der Waals surface area contributed by atoms with E-state index in [1.807, 2.05) is 43.3 Å². The maximum atomic E-state index is 12.6. The number of nitrogens with one attached hydrogen (secondary N) is 2. The molecule has 0 aliphatic heterocycles. The van der Waals surface area contributed by atoms with Gasteiger partial charge in [0.1, 0.15) is 5.75 Å². The van der Waals surface area contributed by atoms with Gasteiger partial charge in [-0.1, -0.05) is 24.3 Å². The number of thioether (sulfide) groups is 1. The monoisotopic (exact) mass is 454 g/mol. The van der Waals surface area contributed by atoms with Crippen LogP contribution < -0.4 is 15.4 Å². The second-order valence-electron chi connectivity index (χ2n) is 7.27. The standard InChI is InChI=1S/C24H26N2O5S/c1-2-31-21-10-6-5-9-20(21)26-22(27)15-32-17-13-11-16(12-14-17)25-23(28)18-7-3-4-8-19(18)24(29)30/h3-6,9-14,18-19H,2,7-8,15H2,1H3,(H,25,28)(H,26,27)(H,29,30). The van der Waals surface area contributed by atoms with Gasteiger partial charge in [-0.15, -0.1) is 11.8 Å². The zero-order valence-electron chi connectivity index (χ0n) is 17.7. The Morgan fingerprint density at radius 1 is 1.00 bits per heavy atom. The number of hydrogen-bond donors (Lipinski definition) is 3. The molecule has 2 amide bonds. The van der Waals surface area contributed by atoms with Crippen LogP contribution in [-0.2, 0) is 14.4 Å². The molecule has 0 heterocycles. The summed E-state index contributed by atoms with van der Waals surface area (Å²) in [6.45, 7) is 2.40. The highest BCUT2D eigenvalue weighted by Crippen LogP contribution is 2.28. The predicted molar refractivity (Wildman–Crippen MR) is 125 cm³/mol. The van der Waals surface area contributed by atoms with Crippen LogP contribution in [0.3, 0.4) is 0 Å². The van der Waals surface area contributed by atoms with Crippen LogP contribution in [0.25, 0.3) is 0 Å². The summed E-state index contributed by atoms with van der Waals surface area (Å²) in [4.78, 5) is 37.1. The van der Waals surface area contributed by atoms with Crippen molar-refractivity contribution in [2.75, 3.05) is 23.0 Å². The van der Waals surface area contributed by atoms with Crippen molar-refractivity contribution in [2.45, 2.75) is 24.7 Å². The van der Waals surface area contributed by atoms with Gasteiger partial charge in [0.2, 0.25) is 11.8 Å². The second kappa shape index (κ2) is 11.4. The van der Waals surface area contributed by atoms with Crippen LogP contribution in [0.2, 0.25) is 0 Å². The molecule has 2 atom stereocenters. The van der Waals surface area contributed by atoms with Gasteiger partial charge in [0.15, 0.2) is 0 Å². The summed E-state index contributed by atoms with van der Waals surface area (Å²) >= 11 is 1.37. The SMILES string of the molecule is CCOc1ccccc1NC(=O)CSc1ccc(NC(=O)C2CC=CCC2C(=O)O)cc1. The number of benzene rings is 2. The number of carboxylic acid groups (broad SMARTS) is 1. The van der Waals surface area contributed by atoms with E-state index in [2.05, 4.69) is 10.6 Å². The molecule has 0 saturated carbocycles. The summed E-state index contributed by atoms with van der Waals surface area (Å²) in [5, 5.41) is 15.0. The lowest BCUT2D eigenvalue weighted by atomic mass is 9.82. The summed E-state index contributed by atoms with van der Waals surface area (Å²) in [6.07, 6.45) is 4.43. The van der Waals surface area contributed by atoms with Gasteiger partial charge in [0.05, 0.1) is 29.9 Å². The van der Waals surface area contributed by atoms with Crippen LogP contribution >= 0.6 is 11.8 Å². The Balaban J connectivity index is 1.51. The molecule has 2 aromatic carbocycles. The number of anilines is 2. The largest absolute Gasteiger partial charge is 0.492 e. The molecular formula is C24H26N2O5S. The molecule has 1 aliphatic rings. The number of allylic oxidation sites excluding steroid dienone is 2. The predicted octanol–water partition coefficient (Wildman–Crippen LogP) is 4.42. The Morgan fingerprint density at radius 3 is 2.38 bits per heavy atom. The fraction of sp³-hybridized carbons (Fsp3) is 0.292. The molecule has 0 fully saturated rings. The number of carboxylic acids is 1. The lowest BCUT2D eigenvalue weighted by molar-refractivity contribution is -0.146. The van der Waals surface area contributed by atoms with E-state index < -0.39 is 17.8 Å². The minimum Gasteiger partial charge on any atom is -0.492 e. The number of rotatable bonds is 9. The molecule has 3 rings (SSSR count). The van der Waals surface area contributed by atoms with E-state index in [0.29, 0.717) is 36.6 Å². The first-order chi connectivity index (χ1) is 15.5. The van der Waals surface area contributed by atoms with Crippen molar-refractivity contribution in [3.8, 4) is 5.75 Å². The number of amides is 2. The molecule has 2 unspecified atom stereocenters. The highest BCUT2D eigenvalue weighted by Gasteiger charge is 2.33. The van der Waals surface area contributed by atoms with Gasteiger partial charge in [0.25, 0.3) is 0 Å². The first-order valence-electron chi connectivity index (χ1n) is 10.4. The molecule has 32 heavy (non-hydrogen) atoms. The van der Waals surface area contributed by atoms with E-state index >= 15 is 0 Å². The van der Waals surface area contributed by atoms with Gasteiger partial charge >= 0.3 is 5.97 Å². The normalized spacial score (nSPS) is 17.4. The first kappa shape index (κ1) is 23.4. The van der Waals surface area contributed by atoms with E-state index in [9.17, 15) is 19.5 Å². The summed E-state index contributed by atoms with van der Waals surface area (Å²) < 4.78 is 5.52. The zero-order valence-corrected chi connectivity index (χ0v) is 18.6. The minimum atomic E-state index is -0.955. The number of carbonyl (C=O) groups excluding carboxylic acids is 2. The number of carbonyl (C=O) groups is 3. The molecule has 0 radical (unpaired) electrons. The maximum absolute atomic E-state index is 12.6. The van der Waals surface area contributed by atoms with Crippen molar-refractivity contribution in [1.82, 2.24) is 0 Å². The molecule has 0 spiro atoms. The van der Waals surface area contributed by atoms with Crippen LogP contribution in [0.15, 0.2) is 65.6 Å². The van der Waals surface area contributed by atoms with Crippen molar-refractivity contribution < 1.29 is 24.2 Å². The summed E-state index contributed by atoms with van der Waals surface area (Å²) in [5.74, 6) is -1.84. The fourth-order valence-corrected chi connectivity index (χ4v) is 4.13. The molecule has 8 heteroatoms. The van der Waals surface area contributed by atoms with Crippen molar-refractivity contribution >= 4 is 40.9 Å². The third-order valence-corrected chi connectivity index (χ3v) is 6.05. The Bertz CT molecular complexity index is 990. The summed E-state index contributed by atoms with van der Waals surface area (Å²) in [5.41, 5.74) is 1.23. The van der Waals surface area contributed by atoms with Crippen molar-refractivity contribution in [3.63, 3.8) is 0 Å². The highest BCUT2D eigenvalue weighted by atomic mass is 32.2. The van der Waals surface area contributed by atoms with Crippen LogP contribution in [-0.4, -0.2) is 35.2 Å². The minimum absolute atomic E-state index is 0.149. The van der Waals surface area contributed by atoms with Gasteiger partial charge in [-0.2, -0.15) is 0 Å². The molecule has 3 N–H and O–H groups in total. The number of ether oxygens (including phenoxy) is 1. The van der Waals surface area contributed by atoms with Gasteiger partial charge < -0.3 is 20.5 Å². The van der Waals surface area contributed by atoms with Crippen LogP contribution in [0, 0.1) is 11.8 Å². The molecule has 0 aromatic heterocycles. The quantitative estimate of drug-likeness (QED) is 0.383. The molecule has 168 valence electrons. The van der Waals surface area contributed by atoms with E-state index in [4.69, 9.17) is 4.74 Å². The van der Waals surface area contributed by atoms with E-state index in [1.54, 1.807) is 24.3 Å². The molecule has 0 bridgehead atoms. The molecule has 7 nitrogen and oxygen atoms in total. The highest BCUT2D eigenvalue weighted by molar-refractivity contribution is 8.00. The lowest BCUT2D eigenvalue weighted by Crippen LogP contribution is -2.34. The van der Waals surface area contributed by atoms with Crippen LogP contribution in [0.1, 0.15) is 19.8 Å². The van der Waals surface area contributed by atoms with Gasteiger partial charge in [-0.3, -0.25) is 14.4 Å². The number of aliphatic carboxylic acids is 1. The topological polar surface area (TPSA) is 105 Å². The summed E-state index contributed by atoms with van der Waals surface area (Å²) in [6, 6.07) is 14.4. The van der Waals surface area contributed by atoms with E-state index in [0.717, 1.165) is 4.90 Å². The van der Waals surface area contributed by atoms with E-state index in [-0.39, 0.29) is 17.6 Å². The maximum Gasteiger partial charge on any atom is 0.307 e. The Hall–Kier alpha value is -3.26. The first-order valence-corrected chi connectivity index (χ1v) is 11.4. The van der Waals surface area contributed by atoms with Crippen molar-refractivity contribution in [2.24, 2.45) is 11.8 Å². The molecular weight excluding hydrogens is 428 g/mol. The van der Waals surface area contributed by atoms with Crippen molar-refractivity contribution in [3.05, 3.63) is 60.7 Å². The van der Waals surface area contributed by atoms with Crippen LogP contribution in [0.5, 0.6) is 5.75 Å². The van der Waals surface area contributed by atoms with Gasteiger partial charge in [-0.05, 0) is 56.2 Å². The average Bonchev–Trinajstić information content (AvgIpc) is 2.80. The third-order valence-electron chi connectivity index (χ3n) is 5.04. The fourth-order valence-electron chi connectivity index (χ4n) is 3.43. The molecule has 1 aliphatic carbocycles. The average molecular weight is 455 g/mol. The Labute approximate surface area is 191 Å². The molecule has 2 aromatic rings.